The average Bonchev–Trinajstić information content (AvgIpc) is 2.80. The molecular formula is C15H21NO2. The van der Waals surface area contributed by atoms with Gasteiger partial charge in [0.2, 0.25) is 0 Å². The summed E-state index contributed by atoms with van der Waals surface area (Å²) in [6, 6.07) is 2.39. The number of rotatable bonds is 2. The largest absolute Gasteiger partial charge is 0.481 e. The van der Waals surface area contributed by atoms with Crippen LogP contribution < -0.4 is 5.32 Å². The second-order valence-electron chi connectivity index (χ2n) is 5.39. The molecule has 1 aromatic rings. The second-order valence-corrected chi connectivity index (χ2v) is 5.39. The van der Waals surface area contributed by atoms with E-state index in [1.54, 1.807) is 0 Å². The van der Waals surface area contributed by atoms with E-state index in [0.29, 0.717) is 13.0 Å². The van der Waals surface area contributed by atoms with Crippen LogP contribution >= 0.6 is 0 Å². The monoisotopic (exact) mass is 247 g/mol. The Bertz CT molecular complexity index is 494. The van der Waals surface area contributed by atoms with E-state index in [4.69, 9.17) is 5.11 Å². The van der Waals surface area contributed by atoms with Gasteiger partial charge in [-0.2, -0.15) is 0 Å². The van der Waals surface area contributed by atoms with Crippen molar-refractivity contribution in [2.75, 3.05) is 6.54 Å². The van der Waals surface area contributed by atoms with E-state index in [0.717, 1.165) is 0 Å². The molecule has 2 unspecified atom stereocenters. The molecule has 1 heterocycles. The first kappa shape index (κ1) is 13.1. The Balaban J connectivity index is 2.33. The molecule has 1 aromatic carbocycles. The van der Waals surface area contributed by atoms with Gasteiger partial charge >= 0.3 is 5.97 Å². The first-order valence-electron chi connectivity index (χ1n) is 6.45. The molecule has 2 N–H and O–H groups in total. The third kappa shape index (κ3) is 2.15. The summed E-state index contributed by atoms with van der Waals surface area (Å²) >= 11 is 0. The predicted octanol–water partition coefficient (Wildman–Crippen LogP) is 2.66. The molecule has 0 aliphatic carbocycles. The zero-order valence-corrected chi connectivity index (χ0v) is 11.5. The van der Waals surface area contributed by atoms with Crippen LogP contribution in [0.1, 0.15) is 40.3 Å². The van der Waals surface area contributed by atoms with Gasteiger partial charge in [-0.25, -0.2) is 0 Å². The summed E-state index contributed by atoms with van der Waals surface area (Å²) in [7, 11) is 0. The highest BCUT2D eigenvalue weighted by atomic mass is 16.4. The standard InChI is InChI=1S/C15H21NO2/c1-8-5-13(11(4)10(3)9(8)2)14-6-12(7-16-14)15(17)18/h5,12,14,16H,6-7H2,1-4H3,(H,17,18). The number of aryl methyl sites for hydroxylation is 1. The van der Waals surface area contributed by atoms with Gasteiger partial charge in [0.25, 0.3) is 0 Å². The number of hydrogen-bond acceptors (Lipinski definition) is 2. The van der Waals surface area contributed by atoms with Gasteiger partial charge in [-0.15, -0.1) is 0 Å². The molecule has 0 aromatic heterocycles. The first-order chi connectivity index (χ1) is 8.41. The van der Waals surface area contributed by atoms with E-state index in [1.165, 1.54) is 27.8 Å². The molecule has 0 amide bonds. The van der Waals surface area contributed by atoms with Crippen molar-refractivity contribution in [3.05, 3.63) is 33.9 Å². The zero-order valence-electron chi connectivity index (χ0n) is 11.5. The highest BCUT2D eigenvalue weighted by Crippen LogP contribution is 2.32. The lowest BCUT2D eigenvalue weighted by atomic mass is 9.89. The fraction of sp³-hybridized carbons (Fsp3) is 0.533. The minimum atomic E-state index is -0.691. The van der Waals surface area contributed by atoms with E-state index >= 15 is 0 Å². The van der Waals surface area contributed by atoms with E-state index < -0.39 is 5.97 Å². The molecule has 1 fully saturated rings. The van der Waals surface area contributed by atoms with Crippen LogP contribution in [0.4, 0.5) is 0 Å². The number of nitrogens with one attached hydrogen (secondary N) is 1. The smallest absolute Gasteiger partial charge is 0.307 e. The molecule has 0 saturated carbocycles. The van der Waals surface area contributed by atoms with Crippen molar-refractivity contribution in [1.29, 1.82) is 0 Å². The second kappa shape index (κ2) is 4.73. The lowest BCUT2D eigenvalue weighted by molar-refractivity contribution is -0.141. The molecule has 0 bridgehead atoms. The van der Waals surface area contributed by atoms with Crippen molar-refractivity contribution >= 4 is 5.97 Å². The SMILES string of the molecule is Cc1cc(C2CC(C(=O)O)CN2)c(C)c(C)c1C. The van der Waals surface area contributed by atoms with Crippen molar-refractivity contribution in [1.82, 2.24) is 5.32 Å². The van der Waals surface area contributed by atoms with Gasteiger partial charge in [0, 0.05) is 12.6 Å². The molecule has 3 nitrogen and oxygen atoms in total. The molecule has 2 atom stereocenters. The van der Waals surface area contributed by atoms with Gasteiger partial charge in [-0.3, -0.25) is 4.79 Å². The quantitative estimate of drug-likeness (QED) is 0.844. The number of hydrogen-bond donors (Lipinski definition) is 2. The maximum atomic E-state index is 11.0. The molecule has 18 heavy (non-hydrogen) atoms. The Morgan fingerprint density at radius 3 is 2.44 bits per heavy atom. The lowest BCUT2D eigenvalue weighted by Crippen LogP contribution is -2.18. The summed E-state index contributed by atoms with van der Waals surface area (Å²) in [5, 5.41) is 12.4. The normalized spacial score (nSPS) is 23.3. The van der Waals surface area contributed by atoms with Gasteiger partial charge in [-0.1, -0.05) is 6.07 Å². The molecular weight excluding hydrogens is 226 g/mol. The van der Waals surface area contributed by atoms with Gasteiger partial charge in [0.05, 0.1) is 5.92 Å². The Labute approximate surface area is 108 Å². The molecule has 1 aliphatic heterocycles. The number of aliphatic carboxylic acids is 1. The van der Waals surface area contributed by atoms with Crippen LogP contribution in [0.25, 0.3) is 0 Å². The maximum Gasteiger partial charge on any atom is 0.307 e. The van der Waals surface area contributed by atoms with Gasteiger partial charge in [0.15, 0.2) is 0 Å². The summed E-state index contributed by atoms with van der Waals surface area (Å²) in [4.78, 5) is 11.0. The van der Waals surface area contributed by atoms with Crippen LogP contribution in [0, 0.1) is 33.6 Å². The third-order valence-corrected chi connectivity index (χ3v) is 4.38. The molecule has 1 saturated heterocycles. The molecule has 2 rings (SSSR count). The Morgan fingerprint density at radius 1 is 1.22 bits per heavy atom. The van der Waals surface area contributed by atoms with Crippen molar-refractivity contribution < 1.29 is 9.90 Å². The Hall–Kier alpha value is -1.35. The number of carbonyl (C=O) groups is 1. The van der Waals surface area contributed by atoms with Crippen LogP contribution in [0.2, 0.25) is 0 Å². The van der Waals surface area contributed by atoms with Gasteiger partial charge in [0.1, 0.15) is 0 Å². The van der Waals surface area contributed by atoms with Crippen molar-refractivity contribution in [2.24, 2.45) is 5.92 Å². The van der Waals surface area contributed by atoms with Crippen molar-refractivity contribution in [2.45, 2.75) is 40.2 Å². The van der Waals surface area contributed by atoms with E-state index in [9.17, 15) is 4.79 Å². The first-order valence-corrected chi connectivity index (χ1v) is 6.45. The molecule has 0 spiro atoms. The average molecular weight is 247 g/mol. The van der Waals surface area contributed by atoms with Crippen LogP contribution in [0.5, 0.6) is 0 Å². The summed E-state index contributed by atoms with van der Waals surface area (Å²) in [5.74, 6) is -0.945. The van der Waals surface area contributed by atoms with Crippen LogP contribution in [-0.2, 0) is 4.79 Å². The fourth-order valence-corrected chi connectivity index (χ4v) is 2.77. The highest BCUT2D eigenvalue weighted by Gasteiger charge is 2.31. The molecule has 0 radical (unpaired) electrons. The van der Waals surface area contributed by atoms with E-state index in [-0.39, 0.29) is 12.0 Å². The van der Waals surface area contributed by atoms with Gasteiger partial charge in [-0.05, 0) is 61.9 Å². The summed E-state index contributed by atoms with van der Waals surface area (Å²) in [6.07, 6.45) is 0.693. The van der Waals surface area contributed by atoms with Crippen LogP contribution in [0.3, 0.4) is 0 Å². The zero-order chi connectivity index (χ0) is 13.4. The third-order valence-electron chi connectivity index (χ3n) is 4.38. The number of benzene rings is 1. The number of carboxylic acids is 1. The molecule has 3 heteroatoms. The highest BCUT2D eigenvalue weighted by molar-refractivity contribution is 5.71. The van der Waals surface area contributed by atoms with Crippen LogP contribution in [-0.4, -0.2) is 17.6 Å². The lowest BCUT2D eigenvalue weighted by Gasteiger charge is -2.19. The molecule has 1 aliphatic rings. The Morgan fingerprint density at radius 2 is 1.89 bits per heavy atom. The predicted molar refractivity (Wildman–Crippen MR) is 71.9 cm³/mol. The van der Waals surface area contributed by atoms with E-state index in [2.05, 4.69) is 39.1 Å². The maximum absolute atomic E-state index is 11.0. The minimum Gasteiger partial charge on any atom is -0.481 e. The topological polar surface area (TPSA) is 49.3 Å². The van der Waals surface area contributed by atoms with Crippen LogP contribution in [0.15, 0.2) is 6.07 Å². The van der Waals surface area contributed by atoms with Gasteiger partial charge < -0.3 is 10.4 Å². The summed E-state index contributed by atoms with van der Waals surface area (Å²) in [6.45, 7) is 9.11. The number of carboxylic acid groups (broad SMARTS) is 1. The fourth-order valence-electron chi connectivity index (χ4n) is 2.77. The van der Waals surface area contributed by atoms with Crippen molar-refractivity contribution in [3.8, 4) is 0 Å². The Kier molecular flexibility index (Phi) is 3.44. The minimum absolute atomic E-state index is 0.184. The van der Waals surface area contributed by atoms with E-state index in [1.807, 2.05) is 0 Å². The summed E-state index contributed by atoms with van der Waals surface area (Å²) in [5.41, 5.74) is 6.50. The molecule has 98 valence electrons. The summed E-state index contributed by atoms with van der Waals surface area (Å²) < 4.78 is 0. The van der Waals surface area contributed by atoms with Crippen molar-refractivity contribution in [3.63, 3.8) is 0 Å².